The van der Waals surface area contributed by atoms with E-state index in [2.05, 4.69) is 0 Å². The smallest absolute Gasteiger partial charge is 0.225 e. The van der Waals surface area contributed by atoms with Crippen LogP contribution >= 0.6 is 0 Å². The first-order valence-electron chi connectivity index (χ1n) is 8.06. The van der Waals surface area contributed by atoms with Crippen molar-refractivity contribution in [2.75, 3.05) is 32.9 Å². The van der Waals surface area contributed by atoms with Crippen molar-refractivity contribution in [3.05, 3.63) is 0 Å². The zero-order chi connectivity index (χ0) is 16.9. The van der Waals surface area contributed by atoms with Crippen LogP contribution in [0.3, 0.4) is 0 Å². The van der Waals surface area contributed by atoms with Crippen molar-refractivity contribution in [3.8, 4) is 0 Å². The van der Waals surface area contributed by atoms with E-state index in [1.54, 1.807) is 19.0 Å². The largest absolute Gasteiger partial charge is 0.349 e. The summed E-state index contributed by atoms with van der Waals surface area (Å²) in [5.41, 5.74) is 0. The van der Waals surface area contributed by atoms with Crippen LogP contribution in [0.25, 0.3) is 0 Å². The summed E-state index contributed by atoms with van der Waals surface area (Å²) >= 11 is 0. The average molecular weight is 346 g/mol. The highest BCUT2D eigenvalue weighted by molar-refractivity contribution is 7.92. The van der Waals surface area contributed by atoms with Gasteiger partial charge in [0.15, 0.2) is 9.84 Å². The van der Waals surface area contributed by atoms with Crippen molar-refractivity contribution in [3.63, 3.8) is 0 Å². The van der Waals surface area contributed by atoms with Crippen LogP contribution in [0, 0.1) is 17.8 Å². The van der Waals surface area contributed by atoms with E-state index in [-0.39, 0.29) is 54.7 Å². The van der Waals surface area contributed by atoms with Gasteiger partial charge in [-0.25, -0.2) is 12.8 Å². The highest BCUT2D eigenvalue weighted by atomic mass is 32.2. The lowest BCUT2D eigenvalue weighted by molar-refractivity contribution is -0.140. The van der Waals surface area contributed by atoms with Crippen molar-refractivity contribution in [1.82, 2.24) is 9.80 Å². The molecule has 8 heteroatoms. The quantitative estimate of drug-likeness (QED) is 0.710. The van der Waals surface area contributed by atoms with Gasteiger partial charge in [-0.1, -0.05) is 0 Å². The molecule has 0 bridgehead atoms. The molecule has 0 spiro atoms. The molecule has 2 saturated heterocycles. The maximum Gasteiger partial charge on any atom is 0.225 e. The molecule has 0 aromatic rings. The fourth-order valence-electron chi connectivity index (χ4n) is 4.05. The van der Waals surface area contributed by atoms with Gasteiger partial charge in [-0.15, -0.1) is 0 Å². The zero-order valence-electron chi connectivity index (χ0n) is 13.4. The van der Waals surface area contributed by atoms with Gasteiger partial charge in [0.25, 0.3) is 0 Å². The molecule has 3 aliphatic rings. The number of rotatable bonds is 2. The Balaban J connectivity index is 1.78. The Morgan fingerprint density at radius 2 is 1.83 bits per heavy atom. The van der Waals surface area contributed by atoms with Gasteiger partial charge in [0.1, 0.15) is 6.17 Å². The van der Waals surface area contributed by atoms with Crippen LogP contribution in [0.2, 0.25) is 0 Å². The van der Waals surface area contributed by atoms with Crippen LogP contribution in [0.4, 0.5) is 4.39 Å². The van der Waals surface area contributed by atoms with E-state index >= 15 is 0 Å². The van der Waals surface area contributed by atoms with Crippen molar-refractivity contribution in [2.24, 2.45) is 17.8 Å². The Morgan fingerprint density at radius 1 is 1.17 bits per heavy atom. The van der Waals surface area contributed by atoms with Gasteiger partial charge in [0.05, 0.1) is 11.0 Å². The van der Waals surface area contributed by atoms with Gasteiger partial charge in [-0.3, -0.25) is 9.59 Å². The standard InChI is InChI=1S/C15H23FN2O4S/c1-17(2)15(20)11-3-4-23(21,22)13-8-18(7-12(11)13)14(19)9-5-10(16)6-9/h9-13H,3-8H2,1-2H3/t9?,10?,11?,12-,13-/m1/s1. The summed E-state index contributed by atoms with van der Waals surface area (Å²) in [5.74, 6) is -1.25. The number of likely N-dealkylation sites (tertiary alicyclic amines) is 1. The summed E-state index contributed by atoms with van der Waals surface area (Å²) in [5, 5.41) is -0.657. The number of fused-ring (bicyclic) bond motifs is 1. The van der Waals surface area contributed by atoms with E-state index in [0.29, 0.717) is 13.0 Å². The SMILES string of the molecule is CN(C)C(=O)C1CCS(=O)(=O)[C@@H]2CN(C(=O)C3CC(F)C3)C[C@H]12. The first-order valence-corrected chi connectivity index (χ1v) is 9.78. The second kappa shape index (κ2) is 5.72. The molecular formula is C15H23FN2O4S. The lowest BCUT2D eigenvalue weighted by Gasteiger charge is -2.33. The summed E-state index contributed by atoms with van der Waals surface area (Å²) in [4.78, 5) is 27.8. The van der Waals surface area contributed by atoms with Crippen LogP contribution in [0.15, 0.2) is 0 Å². The molecule has 6 nitrogen and oxygen atoms in total. The third kappa shape index (κ3) is 2.86. The molecule has 0 aromatic carbocycles. The van der Waals surface area contributed by atoms with E-state index in [4.69, 9.17) is 0 Å². The second-order valence-corrected chi connectivity index (χ2v) is 9.55. The van der Waals surface area contributed by atoms with E-state index in [1.807, 2.05) is 0 Å². The summed E-state index contributed by atoms with van der Waals surface area (Å²) in [6, 6.07) is 0. The number of hydrogen-bond donors (Lipinski definition) is 0. The van der Waals surface area contributed by atoms with Crippen LogP contribution in [0.5, 0.6) is 0 Å². The number of hydrogen-bond acceptors (Lipinski definition) is 4. The zero-order valence-corrected chi connectivity index (χ0v) is 14.3. The van der Waals surface area contributed by atoms with Crippen molar-refractivity contribution >= 4 is 21.7 Å². The van der Waals surface area contributed by atoms with Crippen LogP contribution < -0.4 is 0 Å². The van der Waals surface area contributed by atoms with Crippen molar-refractivity contribution in [2.45, 2.75) is 30.7 Å². The fraction of sp³-hybridized carbons (Fsp3) is 0.867. The number of carbonyl (C=O) groups is 2. The molecule has 0 radical (unpaired) electrons. The van der Waals surface area contributed by atoms with Gasteiger partial charge in [-0.05, 0) is 19.3 Å². The lowest BCUT2D eigenvalue weighted by atomic mass is 9.82. The lowest BCUT2D eigenvalue weighted by Crippen LogP contribution is -2.46. The van der Waals surface area contributed by atoms with E-state index in [1.165, 1.54) is 4.90 Å². The summed E-state index contributed by atoms with van der Waals surface area (Å²) in [7, 11) is 0.0388. The number of amides is 2. The van der Waals surface area contributed by atoms with Crippen LogP contribution in [-0.2, 0) is 19.4 Å². The minimum absolute atomic E-state index is 0.00355. The van der Waals surface area contributed by atoms with Gasteiger partial charge in [0.2, 0.25) is 11.8 Å². The Kier molecular flexibility index (Phi) is 4.14. The molecule has 23 heavy (non-hydrogen) atoms. The van der Waals surface area contributed by atoms with E-state index in [9.17, 15) is 22.4 Å². The molecule has 1 aliphatic carbocycles. The molecule has 3 fully saturated rings. The molecule has 3 atom stereocenters. The molecule has 0 N–H and O–H groups in total. The molecular weight excluding hydrogens is 323 g/mol. The molecule has 3 rings (SSSR count). The summed E-state index contributed by atoms with van der Waals surface area (Å²) < 4.78 is 37.7. The van der Waals surface area contributed by atoms with E-state index in [0.717, 1.165) is 0 Å². The first kappa shape index (κ1) is 16.7. The van der Waals surface area contributed by atoms with Crippen LogP contribution in [0.1, 0.15) is 19.3 Å². The number of alkyl halides is 1. The maximum atomic E-state index is 13.0. The number of carbonyl (C=O) groups excluding carboxylic acids is 2. The molecule has 2 aliphatic heterocycles. The number of halogens is 1. The third-order valence-electron chi connectivity index (χ3n) is 5.50. The fourth-order valence-corrected chi connectivity index (χ4v) is 6.15. The summed E-state index contributed by atoms with van der Waals surface area (Å²) in [6.45, 7) is 0.441. The first-order chi connectivity index (χ1) is 10.7. The van der Waals surface area contributed by atoms with Gasteiger partial charge in [0, 0.05) is 44.9 Å². The second-order valence-electron chi connectivity index (χ2n) is 7.21. The Morgan fingerprint density at radius 3 is 2.39 bits per heavy atom. The number of sulfone groups is 1. The Bertz CT molecular complexity index is 615. The van der Waals surface area contributed by atoms with Gasteiger partial charge < -0.3 is 9.80 Å². The predicted octanol–water partition coefficient (Wildman–Crippen LogP) is 0.0844. The molecule has 1 unspecified atom stereocenters. The third-order valence-corrected chi connectivity index (χ3v) is 7.73. The Labute approximate surface area is 135 Å². The minimum atomic E-state index is -3.28. The van der Waals surface area contributed by atoms with Crippen LogP contribution in [-0.4, -0.2) is 74.4 Å². The molecule has 2 heterocycles. The normalized spacial score (nSPS) is 38.6. The molecule has 1 saturated carbocycles. The van der Waals surface area contributed by atoms with Crippen molar-refractivity contribution in [1.29, 1.82) is 0 Å². The average Bonchev–Trinajstić information content (AvgIpc) is 2.89. The monoisotopic (exact) mass is 346 g/mol. The van der Waals surface area contributed by atoms with Gasteiger partial charge >= 0.3 is 0 Å². The molecule has 130 valence electrons. The Hall–Kier alpha value is -1.18. The highest BCUT2D eigenvalue weighted by Gasteiger charge is 2.52. The number of nitrogens with zero attached hydrogens (tertiary/aromatic N) is 2. The van der Waals surface area contributed by atoms with Crippen molar-refractivity contribution < 1.29 is 22.4 Å². The maximum absolute atomic E-state index is 13.0. The molecule has 0 aromatic heterocycles. The highest BCUT2D eigenvalue weighted by Crippen LogP contribution is 2.40. The predicted molar refractivity (Wildman–Crippen MR) is 82.1 cm³/mol. The topological polar surface area (TPSA) is 74.8 Å². The minimum Gasteiger partial charge on any atom is -0.349 e. The van der Waals surface area contributed by atoms with Gasteiger partial charge in [-0.2, -0.15) is 0 Å². The molecule has 2 amide bonds. The van der Waals surface area contributed by atoms with E-state index < -0.39 is 21.3 Å². The summed E-state index contributed by atoms with van der Waals surface area (Å²) in [6.07, 6.45) is -0.131.